The highest BCUT2D eigenvalue weighted by molar-refractivity contribution is 6.30. The van der Waals surface area contributed by atoms with Crippen molar-refractivity contribution in [3.05, 3.63) is 64.7 Å². The SMILES string of the molecule is O=C([C@H]1Cc2ccccc2CN1C(=O)Nc1ccc(Cl)cc1)N1CCC(N2CCOCC2=O)CC1. The van der Waals surface area contributed by atoms with Gasteiger partial charge < -0.3 is 24.8 Å². The molecule has 2 saturated heterocycles. The first-order valence-corrected chi connectivity index (χ1v) is 12.4. The van der Waals surface area contributed by atoms with E-state index in [0.717, 1.165) is 24.0 Å². The Morgan fingerprint density at radius 2 is 1.69 bits per heavy atom. The maximum Gasteiger partial charge on any atom is 0.322 e. The Kier molecular flexibility index (Phi) is 6.92. The number of carbonyl (C=O) groups is 3. The number of urea groups is 1. The van der Waals surface area contributed by atoms with Gasteiger partial charge in [0.25, 0.3) is 0 Å². The molecule has 2 aromatic rings. The molecule has 3 aliphatic heterocycles. The molecule has 0 saturated carbocycles. The van der Waals surface area contributed by atoms with Crippen LogP contribution in [0.4, 0.5) is 10.5 Å². The molecule has 184 valence electrons. The first-order chi connectivity index (χ1) is 17.0. The van der Waals surface area contributed by atoms with Gasteiger partial charge >= 0.3 is 6.03 Å². The summed E-state index contributed by atoms with van der Waals surface area (Å²) in [7, 11) is 0. The number of carbonyl (C=O) groups excluding carboxylic acids is 3. The van der Waals surface area contributed by atoms with Crippen LogP contribution in [-0.2, 0) is 27.3 Å². The first-order valence-electron chi connectivity index (χ1n) is 12.1. The number of nitrogens with zero attached hydrogens (tertiary/aromatic N) is 3. The van der Waals surface area contributed by atoms with E-state index in [1.807, 2.05) is 34.1 Å². The molecule has 5 rings (SSSR count). The molecule has 35 heavy (non-hydrogen) atoms. The summed E-state index contributed by atoms with van der Waals surface area (Å²) in [5.41, 5.74) is 2.77. The van der Waals surface area contributed by atoms with E-state index in [0.29, 0.717) is 49.9 Å². The molecule has 3 aliphatic rings. The van der Waals surface area contributed by atoms with E-state index in [4.69, 9.17) is 16.3 Å². The van der Waals surface area contributed by atoms with Gasteiger partial charge in [0.05, 0.1) is 6.61 Å². The van der Waals surface area contributed by atoms with Crippen molar-refractivity contribution >= 4 is 35.1 Å². The number of likely N-dealkylation sites (tertiary alicyclic amines) is 1. The van der Waals surface area contributed by atoms with Crippen molar-refractivity contribution in [1.82, 2.24) is 14.7 Å². The van der Waals surface area contributed by atoms with Gasteiger partial charge in [-0.25, -0.2) is 4.79 Å². The molecule has 8 nitrogen and oxygen atoms in total. The second-order valence-electron chi connectivity index (χ2n) is 9.25. The molecule has 0 aliphatic carbocycles. The Hall–Kier alpha value is -3.10. The van der Waals surface area contributed by atoms with Crippen LogP contribution < -0.4 is 5.32 Å². The molecule has 0 bridgehead atoms. The average Bonchev–Trinajstić information content (AvgIpc) is 2.89. The molecular formula is C26H29ClN4O4. The van der Waals surface area contributed by atoms with E-state index in [2.05, 4.69) is 5.32 Å². The Morgan fingerprint density at radius 1 is 0.971 bits per heavy atom. The number of piperidine rings is 1. The van der Waals surface area contributed by atoms with Crippen LogP contribution in [0.3, 0.4) is 0 Å². The Labute approximate surface area is 209 Å². The lowest BCUT2D eigenvalue weighted by Crippen LogP contribution is -2.58. The summed E-state index contributed by atoms with van der Waals surface area (Å²) in [6.07, 6.45) is 1.94. The lowest BCUT2D eigenvalue weighted by molar-refractivity contribution is -0.148. The number of nitrogens with one attached hydrogen (secondary N) is 1. The lowest BCUT2D eigenvalue weighted by atomic mass is 9.92. The van der Waals surface area contributed by atoms with E-state index < -0.39 is 6.04 Å². The van der Waals surface area contributed by atoms with E-state index in [-0.39, 0.29) is 30.5 Å². The number of amides is 4. The number of rotatable bonds is 3. The van der Waals surface area contributed by atoms with Gasteiger partial charge in [-0.3, -0.25) is 9.59 Å². The molecule has 2 aromatic carbocycles. The van der Waals surface area contributed by atoms with Crippen molar-refractivity contribution in [1.29, 1.82) is 0 Å². The van der Waals surface area contributed by atoms with E-state index >= 15 is 0 Å². The number of fused-ring (bicyclic) bond motifs is 1. The summed E-state index contributed by atoms with van der Waals surface area (Å²) < 4.78 is 5.25. The minimum absolute atomic E-state index is 0.0231. The zero-order valence-electron chi connectivity index (χ0n) is 19.5. The third kappa shape index (κ3) is 5.13. The van der Waals surface area contributed by atoms with Crippen LogP contribution in [0.2, 0.25) is 5.02 Å². The number of ether oxygens (including phenoxy) is 1. The molecule has 0 unspecified atom stereocenters. The molecule has 9 heteroatoms. The summed E-state index contributed by atoms with van der Waals surface area (Å²) in [5, 5.41) is 3.50. The van der Waals surface area contributed by atoms with Crippen LogP contribution in [0.1, 0.15) is 24.0 Å². The van der Waals surface area contributed by atoms with Gasteiger partial charge in [-0.05, 0) is 48.2 Å². The van der Waals surface area contributed by atoms with Gasteiger partial charge in [0.1, 0.15) is 12.6 Å². The van der Waals surface area contributed by atoms with Crippen molar-refractivity contribution in [3.8, 4) is 0 Å². The summed E-state index contributed by atoms with van der Waals surface area (Å²) in [4.78, 5) is 44.6. The smallest absolute Gasteiger partial charge is 0.322 e. The molecule has 1 N–H and O–H groups in total. The second-order valence-corrected chi connectivity index (χ2v) is 9.69. The number of halogens is 1. The number of anilines is 1. The second kappa shape index (κ2) is 10.3. The molecule has 0 aromatic heterocycles. The van der Waals surface area contributed by atoms with Crippen molar-refractivity contribution < 1.29 is 19.1 Å². The molecule has 0 spiro atoms. The number of hydrogen-bond acceptors (Lipinski definition) is 4. The molecule has 0 radical (unpaired) electrons. The van der Waals surface area contributed by atoms with Gasteiger partial charge in [-0.2, -0.15) is 0 Å². The summed E-state index contributed by atoms with van der Waals surface area (Å²) in [6, 6.07) is 14.1. The minimum Gasteiger partial charge on any atom is -0.370 e. The number of morpholine rings is 1. The standard InChI is InChI=1S/C26H29ClN4O4/c27-20-5-7-21(8-6-20)28-26(34)31-16-19-4-2-1-3-18(19)15-23(31)25(33)29-11-9-22(10-12-29)30-13-14-35-17-24(30)32/h1-8,22-23H,9-17H2,(H,28,34)/t23-/m1/s1. The van der Waals surface area contributed by atoms with E-state index in [1.165, 1.54) is 0 Å². The van der Waals surface area contributed by atoms with Crippen LogP contribution >= 0.6 is 11.6 Å². The third-order valence-electron chi connectivity index (χ3n) is 7.13. The highest BCUT2D eigenvalue weighted by Crippen LogP contribution is 2.27. The minimum atomic E-state index is -0.584. The molecule has 3 heterocycles. The van der Waals surface area contributed by atoms with Crippen molar-refractivity contribution in [2.24, 2.45) is 0 Å². The summed E-state index contributed by atoms with van der Waals surface area (Å²) in [5.74, 6) is -0.0209. The highest BCUT2D eigenvalue weighted by atomic mass is 35.5. The number of hydrogen-bond donors (Lipinski definition) is 1. The molecule has 4 amide bonds. The van der Waals surface area contributed by atoms with Crippen molar-refractivity contribution in [3.63, 3.8) is 0 Å². The normalized spacial score (nSPS) is 21.0. The van der Waals surface area contributed by atoms with E-state index in [1.54, 1.807) is 29.2 Å². The molecular weight excluding hydrogens is 468 g/mol. The lowest BCUT2D eigenvalue weighted by Gasteiger charge is -2.43. The Bertz CT molecular complexity index is 1100. The third-order valence-corrected chi connectivity index (χ3v) is 7.38. The average molecular weight is 497 g/mol. The fourth-order valence-electron chi connectivity index (χ4n) is 5.21. The van der Waals surface area contributed by atoms with Crippen LogP contribution in [0, 0.1) is 0 Å². The molecule has 2 fully saturated rings. The topological polar surface area (TPSA) is 82.2 Å². The zero-order valence-corrected chi connectivity index (χ0v) is 20.2. The maximum absolute atomic E-state index is 13.7. The summed E-state index contributed by atoms with van der Waals surface area (Å²) >= 11 is 5.97. The van der Waals surface area contributed by atoms with Crippen LogP contribution in [0.15, 0.2) is 48.5 Å². The number of benzene rings is 2. The monoisotopic (exact) mass is 496 g/mol. The Balaban J connectivity index is 1.30. The highest BCUT2D eigenvalue weighted by Gasteiger charge is 2.39. The fourth-order valence-corrected chi connectivity index (χ4v) is 5.34. The fraction of sp³-hybridized carbons (Fsp3) is 0.423. The Morgan fingerprint density at radius 3 is 2.40 bits per heavy atom. The van der Waals surface area contributed by atoms with Gasteiger partial charge in [-0.1, -0.05) is 35.9 Å². The van der Waals surface area contributed by atoms with Crippen LogP contribution in [-0.4, -0.2) is 77.5 Å². The van der Waals surface area contributed by atoms with Gasteiger partial charge in [0, 0.05) is 49.4 Å². The predicted molar refractivity (Wildman–Crippen MR) is 132 cm³/mol. The predicted octanol–water partition coefficient (Wildman–Crippen LogP) is 3.15. The van der Waals surface area contributed by atoms with Crippen molar-refractivity contribution in [2.45, 2.75) is 37.9 Å². The van der Waals surface area contributed by atoms with Gasteiger partial charge in [-0.15, -0.1) is 0 Å². The first kappa shape index (κ1) is 23.6. The van der Waals surface area contributed by atoms with Gasteiger partial charge in [0.15, 0.2) is 0 Å². The maximum atomic E-state index is 13.7. The van der Waals surface area contributed by atoms with Gasteiger partial charge in [0.2, 0.25) is 11.8 Å². The molecule has 1 atom stereocenters. The quantitative estimate of drug-likeness (QED) is 0.707. The summed E-state index contributed by atoms with van der Waals surface area (Å²) in [6.45, 7) is 2.81. The van der Waals surface area contributed by atoms with Crippen molar-refractivity contribution in [2.75, 3.05) is 38.2 Å². The van der Waals surface area contributed by atoms with E-state index in [9.17, 15) is 14.4 Å². The zero-order chi connectivity index (χ0) is 24.4. The van der Waals surface area contributed by atoms with Crippen LogP contribution in [0.5, 0.6) is 0 Å². The largest absolute Gasteiger partial charge is 0.370 e. The van der Waals surface area contributed by atoms with Crippen LogP contribution in [0.25, 0.3) is 0 Å².